The number of nitrogens with zero attached hydrogens (tertiary/aromatic N) is 4. The zero-order valence-corrected chi connectivity index (χ0v) is 17.9. The van der Waals surface area contributed by atoms with Gasteiger partial charge in [-0.3, -0.25) is 0 Å². The highest BCUT2D eigenvalue weighted by molar-refractivity contribution is 6.33. The van der Waals surface area contributed by atoms with E-state index in [-0.39, 0.29) is 12.0 Å². The molecule has 1 aliphatic heterocycles. The summed E-state index contributed by atoms with van der Waals surface area (Å²) in [6.45, 7) is 2.76. The van der Waals surface area contributed by atoms with Crippen LogP contribution in [0.2, 0.25) is 5.02 Å². The van der Waals surface area contributed by atoms with Gasteiger partial charge >= 0.3 is 0 Å². The summed E-state index contributed by atoms with van der Waals surface area (Å²) in [5.74, 6) is 1.02. The van der Waals surface area contributed by atoms with Crippen LogP contribution in [-0.2, 0) is 6.42 Å². The van der Waals surface area contributed by atoms with Gasteiger partial charge in [-0.15, -0.1) is 0 Å². The third-order valence-electron chi connectivity index (χ3n) is 6.47. The number of aliphatic hydroxyl groups excluding tert-OH is 2. The monoisotopic (exact) mass is 437 g/mol. The van der Waals surface area contributed by atoms with Crippen molar-refractivity contribution in [3.63, 3.8) is 0 Å². The lowest BCUT2D eigenvalue weighted by Gasteiger charge is -2.28. The van der Waals surface area contributed by atoms with Crippen LogP contribution in [0.15, 0.2) is 36.7 Å². The van der Waals surface area contributed by atoms with Gasteiger partial charge in [-0.2, -0.15) is 0 Å². The Bertz CT molecular complexity index is 1180. The van der Waals surface area contributed by atoms with Crippen LogP contribution in [0.1, 0.15) is 23.2 Å². The van der Waals surface area contributed by atoms with Gasteiger partial charge in [0.05, 0.1) is 22.7 Å². The van der Waals surface area contributed by atoms with Gasteiger partial charge < -0.3 is 20.8 Å². The van der Waals surface area contributed by atoms with Gasteiger partial charge in [-0.25, -0.2) is 15.0 Å². The molecule has 4 N–H and O–H groups in total. The van der Waals surface area contributed by atoms with Gasteiger partial charge in [0.2, 0.25) is 0 Å². The minimum Gasteiger partial charge on any atom is -0.390 e. The number of fused-ring (bicyclic) bond motifs is 2. The standard InChI is InChI=1S/C23H24ClN5O2/c1-12-16-6-7-29(23(16)27-11-26-12)19-10-15(20(30)21(19)31)5-3-13-2-4-14-9-17(24)22(25)28-18(14)8-13/h2-5,8-9,11,15,19-21,30-31H,6-7,10H2,1H3,(H2,25,28)/b5-3+/t15?,19-,20-,21+/m1/s1. The van der Waals surface area contributed by atoms with E-state index in [0.29, 0.717) is 17.3 Å². The average molecular weight is 438 g/mol. The molecular weight excluding hydrogens is 414 g/mol. The van der Waals surface area contributed by atoms with Gasteiger partial charge in [-0.05, 0) is 37.5 Å². The zero-order chi connectivity index (χ0) is 21.7. The van der Waals surface area contributed by atoms with E-state index in [0.717, 1.165) is 46.5 Å². The smallest absolute Gasteiger partial charge is 0.142 e. The summed E-state index contributed by atoms with van der Waals surface area (Å²) in [6.07, 6.45) is 5.33. The van der Waals surface area contributed by atoms with Crippen molar-refractivity contribution in [1.82, 2.24) is 15.0 Å². The first-order valence-corrected chi connectivity index (χ1v) is 10.8. The van der Waals surface area contributed by atoms with Crippen LogP contribution in [-0.4, -0.2) is 50.0 Å². The maximum absolute atomic E-state index is 10.8. The van der Waals surface area contributed by atoms with Crippen molar-refractivity contribution >= 4 is 40.2 Å². The van der Waals surface area contributed by atoms with Crippen molar-refractivity contribution in [3.8, 4) is 0 Å². The van der Waals surface area contributed by atoms with E-state index < -0.39 is 12.2 Å². The predicted octanol–water partition coefficient (Wildman–Crippen LogP) is 2.76. The first kappa shape index (κ1) is 20.2. The lowest BCUT2D eigenvalue weighted by atomic mass is 10.0. The Balaban J connectivity index is 1.36. The fourth-order valence-electron chi connectivity index (χ4n) is 4.74. The molecule has 0 radical (unpaired) electrons. The molecule has 0 spiro atoms. The summed E-state index contributed by atoms with van der Waals surface area (Å²) < 4.78 is 0. The molecule has 5 rings (SSSR count). The molecule has 7 nitrogen and oxygen atoms in total. The number of aromatic nitrogens is 3. The van der Waals surface area contributed by atoms with Crippen LogP contribution in [0.4, 0.5) is 11.6 Å². The van der Waals surface area contributed by atoms with E-state index in [9.17, 15) is 10.2 Å². The molecule has 1 aliphatic carbocycles. The van der Waals surface area contributed by atoms with E-state index in [2.05, 4.69) is 19.9 Å². The van der Waals surface area contributed by atoms with Gasteiger partial charge in [0, 0.05) is 29.1 Å². The van der Waals surface area contributed by atoms with Gasteiger partial charge in [0.1, 0.15) is 24.1 Å². The molecule has 160 valence electrons. The van der Waals surface area contributed by atoms with E-state index in [4.69, 9.17) is 17.3 Å². The minimum absolute atomic E-state index is 0.161. The van der Waals surface area contributed by atoms with Gasteiger partial charge in [-0.1, -0.05) is 35.9 Å². The molecule has 1 aromatic carbocycles. The number of rotatable bonds is 3. The summed E-state index contributed by atoms with van der Waals surface area (Å²) in [5.41, 5.74) is 9.64. The largest absolute Gasteiger partial charge is 0.390 e. The number of anilines is 2. The number of nitrogens with two attached hydrogens (primary N) is 1. The van der Waals surface area contributed by atoms with Crippen molar-refractivity contribution in [1.29, 1.82) is 0 Å². The molecule has 0 amide bonds. The summed E-state index contributed by atoms with van der Waals surface area (Å²) in [4.78, 5) is 15.2. The maximum atomic E-state index is 10.8. The molecule has 2 aromatic heterocycles. The predicted molar refractivity (Wildman–Crippen MR) is 122 cm³/mol. The van der Waals surface area contributed by atoms with Crippen molar-refractivity contribution < 1.29 is 10.2 Å². The van der Waals surface area contributed by atoms with Gasteiger partial charge in [0.25, 0.3) is 0 Å². The topological polar surface area (TPSA) is 108 Å². The van der Waals surface area contributed by atoms with Crippen molar-refractivity contribution in [2.75, 3.05) is 17.2 Å². The number of halogens is 1. The van der Waals surface area contributed by atoms with Crippen molar-refractivity contribution in [2.24, 2.45) is 5.92 Å². The van der Waals surface area contributed by atoms with Crippen LogP contribution in [0.5, 0.6) is 0 Å². The molecule has 1 saturated carbocycles. The molecule has 1 fully saturated rings. The van der Waals surface area contributed by atoms with E-state index >= 15 is 0 Å². The molecule has 8 heteroatoms. The number of benzene rings is 1. The molecular formula is C23H24ClN5O2. The van der Waals surface area contributed by atoms with Gasteiger partial charge in [0.15, 0.2) is 0 Å². The highest BCUT2D eigenvalue weighted by Crippen LogP contribution is 2.38. The zero-order valence-electron chi connectivity index (χ0n) is 17.1. The molecule has 2 aliphatic rings. The third kappa shape index (κ3) is 3.52. The second-order valence-corrected chi connectivity index (χ2v) is 8.73. The SMILES string of the molecule is Cc1ncnc2c1CCN2[C@@H]1CC(/C=C/c2ccc3cc(Cl)c(N)nc3c2)[C@@H](O)[C@H]1O. The summed E-state index contributed by atoms with van der Waals surface area (Å²) in [6, 6.07) is 7.47. The Labute approximate surface area is 185 Å². The van der Waals surface area contributed by atoms with Crippen molar-refractivity contribution in [2.45, 2.75) is 38.0 Å². The molecule has 4 atom stereocenters. The quantitative estimate of drug-likeness (QED) is 0.578. The number of hydrogen-bond donors (Lipinski definition) is 3. The Morgan fingerprint density at radius 3 is 2.87 bits per heavy atom. The van der Waals surface area contributed by atoms with Crippen LogP contribution in [0.25, 0.3) is 17.0 Å². The Kier molecular flexibility index (Phi) is 5.04. The summed E-state index contributed by atoms with van der Waals surface area (Å²) in [7, 11) is 0. The first-order chi connectivity index (χ1) is 14.9. The van der Waals surface area contributed by atoms with Crippen LogP contribution < -0.4 is 10.6 Å². The van der Waals surface area contributed by atoms with E-state index in [1.807, 2.05) is 37.3 Å². The average Bonchev–Trinajstić information content (AvgIpc) is 3.30. The summed E-state index contributed by atoms with van der Waals surface area (Å²) in [5, 5.41) is 22.8. The van der Waals surface area contributed by atoms with Crippen molar-refractivity contribution in [3.05, 3.63) is 58.5 Å². The van der Waals surface area contributed by atoms with E-state index in [1.165, 1.54) is 0 Å². The lowest BCUT2D eigenvalue weighted by molar-refractivity contribution is 0.0229. The second-order valence-electron chi connectivity index (χ2n) is 8.32. The molecule has 0 bridgehead atoms. The van der Waals surface area contributed by atoms with E-state index in [1.54, 1.807) is 12.4 Å². The lowest BCUT2D eigenvalue weighted by Crippen LogP contribution is -2.43. The fraction of sp³-hybridized carbons (Fsp3) is 0.348. The molecule has 31 heavy (non-hydrogen) atoms. The highest BCUT2D eigenvalue weighted by Gasteiger charge is 2.45. The van der Waals surface area contributed by atoms with Crippen LogP contribution in [0.3, 0.4) is 0 Å². The number of aryl methyl sites for hydroxylation is 1. The summed E-state index contributed by atoms with van der Waals surface area (Å²) >= 11 is 6.05. The number of pyridine rings is 1. The minimum atomic E-state index is -0.837. The Morgan fingerprint density at radius 1 is 1.19 bits per heavy atom. The normalized spacial score (nSPS) is 25.6. The van der Waals surface area contributed by atoms with Crippen LogP contribution >= 0.6 is 11.6 Å². The molecule has 3 aromatic rings. The fourth-order valence-corrected chi connectivity index (χ4v) is 4.90. The maximum Gasteiger partial charge on any atom is 0.142 e. The van der Waals surface area contributed by atoms with Crippen LogP contribution in [0, 0.1) is 12.8 Å². The molecule has 0 saturated heterocycles. The first-order valence-electron chi connectivity index (χ1n) is 10.4. The highest BCUT2D eigenvalue weighted by atomic mass is 35.5. The molecule has 3 heterocycles. The Hall–Kier alpha value is -2.74. The second kappa shape index (κ2) is 7.75. The number of aliphatic hydroxyl groups is 2. The number of nitrogen functional groups attached to an aromatic ring is 1. The molecule has 1 unspecified atom stereocenters. The number of hydrogen-bond acceptors (Lipinski definition) is 7. The Morgan fingerprint density at radius 2 is 2.03 bits per heavy atom. The third-order valence-corrected chi connectivity index (χ3v) is 6.77.